The van der Waals surface area contributed by atoms with Crippen LogP contribution in [0.15, 0.2) is 42.5 Å². The second kappa shape index (κ2) is 8.08. The number of hydrogen-bond acceptors (Lipinski definition) is 6. The van der Waals surface area contributed by atoms with E-state index in [1.54, 1.807) is 32.4 Å². The van der Waals surface area contributed by atoms with Crippen molar-refractivity contribution in [3.8, 4) is 11.5 Å². The van der Waals surface area contributed by atoms with E-state index in [1.807, 2.05) is 12.1 Å². The van der Waals surface area contributed by atoms with Gasteiger partial charge in [0.25, 0.3) is 0 Å². The summed E-state index contributed by atoms with van der Waals surface area (Å²) < 4.78 is 25.1. The predicted octanol–water partition coefficient (Wildman–Crippen LogP) is 4.39. The number of nitrogens with zero attached hydrogens (tertiary/aromatic N) is 1. The van der Waals surface area contributed by atoms with Crippen LogP contribution in [0.5, 0.6) is 11.5 Å². The molecular weight excluding hydrogens is 393 g/mol. The van der Waals surface area contributed by atoms with Crippen molar-refractivity contribution in [2.75, 3.05) is 24.8 Å². The molecule has 2 aromatic carbocycles. The number of amides is 1. The first-order chi connectivity index (χ1) is 14.1. The van der Waals surface area contributed by atoms with Gasteiger partial charge in [0.1, 0.15) is 18.2 Å². The summed E-state index contributed by atoms with van der Waals surface area (Å²) >= 11 is 1.50. The van der Waals surface area contributed by atoms with Gasteiger partial charge in [0.15, 0.2) is 16.6 Å². The van der Waals surface area contributed by atoms with Gasteiger partial charge in [0.05, 0.1) is 12.0 Å². The lowest BCUT2D eigenvalue weighted by Gasteiger charge is -2.24. The number of hydrogen-bond donors (Lipinski definition) is 2. The van der Waals surface area contributed by atoms with Gasteiger partial charge in [-0.25, -0.2) is 9.37 Å². The quantitative estimate of drug-likeness (QED) is 0.627. The molecule has 0 spiro atoms. The molecular formula is C21H20FN3O3S. The van der Waals surface area contributed by atoms with Crippen LogP contribution in [0.3, 0.4) is 0 Å². The van der Waals surface area contributed by atoms with E-state index in [1.165, 1.54) is 23.5 Å². The monoisotopic (exact) mass is 413 g/mol. The first-order valence-corrected chi connectivity index (χ1v) is 9.93. The zero-order valence-electron chi connectivity index (χ0n) is 16.0. The van der Waals surface area contributed by atoms with Crippen LogP contribution >= 0.6 is 11.3 Å². The van der Waals surface area contributed by atoms with Gasteiger partial charge in [-0.15, -0.1) is 0 Å². The molecule has 4 rings (SSSR count). The van der Waals surface area contributed by atoms with Crippen molar-refractivity contribution >= 4 is 28.2 Å². The number of nitrogens with one attached hydrogen (secondary N) is 2. The SMILES string of the molecule is CNc1nc2c(s1)[C@@H](c1cccc(OC)c1OCc1cccc(F)c1)CC(=O)N2. The van der Waals surface area contributed by atoms with E-state index in [0.717, 1.165) is 15.6 Å². The van der Waals surface area contributed by atoms with E-state index in [0.29, 0.717) is 22.9 Å². The molecule has 0 unspecified atom stereocenters. The van der Waals surface area contributed by atoms with E-state index in [4.69, 9.17) is 9.47 Å². The van der Waals surface area contributed by atoms with Gasteiger partial charge in [-0.2, -0.15) is 0 Å². The lowest BCUT2D eigenvalue weighted by atomic mass is 9.90. The number of carbonyl (C=O) groups is 1. The lowest BCUT2D eigenvalue weighted by molar-refractivity contribution is -0.116. The Bertz CT molecular complexity index is 1050. The maximum absolute atomic E-state index is 13.5. The Labute approximate surface area is 171 Å². The largest absolute Gasteiger partial charge is 0.493 e. The Hall–Kier alpha value is -3.13. The Balaban J connectivity index is 1.72. The highest BCUT2D eigenvalue weighted by atomic mass is 32.1. The Morgan fingerprint density at radius 1 is 1.31 bits per heavy atom. The van der Waals surface area contributed by atoms with Crippen molar-refractivity contribution in [3.05, 3.63) is 64.3 Å². The minimum atomic E-state index is -0.316. The summed E-state index contributed by atoms with van der Waals surface area (Å²) in [7, 11) is 3.36. The normalized spacial score (nSPS) is 15.4. The van der Waals surface area contributed by atoms with E-state index in [-0.39, 0.29) is 30.7 Å². The second-order valence-corrected chi connectivity index (χ2v) is 7.61. The fourth-order valence-corrected chi connectivity index (χ4v) is 4.37. The molecule has 8 heteroatoms. The minimum Gasteiger partial charge on any atom is -0.493 e. The number of carbonyl (C=O) groups excluding carboxylic acids is 1. The number of ether oxygens (including phenoxy) is 2. The average molecular weight is 413 g/mol. The number of halogens is 1. The summed E-state index contributed by atoms with van der Waals surface area (Å²) in [4.78, 5) is 17.7. The molecule has 2 N–H and O–H groups in total. The van der Waals surface area contributed by atoms with Crippen LogP contribution in [-0.4, -0.2) is 25.0 Å². The summed E-state index contributed by atoms with van der Waals surface area (Å²) in [5, 5.41) is 6.59. The molecule has 3 aromatic rings. The molecule has 29 heavy (non-hydrogen) atoms. The molecule has 0 aliphatic carbocycles. The molecule has 1 amide bonds. The third-order valence-electron chi connectivity index (χ3n) is 4.71. The fraction of sp³-hybridized carbons (Fsp3) is 0.238. The van der Waals surface area contributed by atoms with Crippen molar-refractivity contribution in [2.45, 2.75) is 18.9 Å². The van der Waals surface area contributed by atoms with Gasteiger partial charge < -0.3 is 20.1 Å². The topological polar surface area (TPSA) is 72.5 Å². The zero-order valence-corrected chi connectivity index (χ0v) is 16.8. The van der Waals surface area contributed by atoms with Gasteiger partial charge >= 0.3 is 0 Å². The third-order valence-corrected chi connectivity index (χ3v) is 5.89. The highest BCUT2D eigenvalue weighted by molar-refractivity contribution is 7.16. The summed E-state index contributed by atoms with van der Waals surface area (Å²) in [6, 6.07) is 11.9. The van der Waals surface area contributed by atoms with Gasteiger partial charge in [0, 0.05) is 24.9 Å². The molecule has 0 saturated heterocycles. The number of benzene rings is 2. The predicted molar refractivity (Wildman–Crippen MR) is 110 cm³/mol. The van der Waals surface area contributed by atoms with Crippen LogP contribution < -0.4 is 20.1 Å². The minimum absolute atomic E-state index is 0.102. The molecule has 150 valence electrons. The molecule has 0 saturated carbocycles. The van der Waals surface area contributed by atoms with Gasteiger partial charge in [-0.3, -0.25) is 4.79 Å². The van der Waals surface area contributed by atoms with Crippen molar-refractivity contribution in [1.82, 2.24) is 4.98 Å². The van der Waals surface area contributed by atoms with Crippen molar-refractivity contribution < 1.29 is 18.7 Å². The first-order valence-electron chi connectivity index (χ1n) is 9.11. The number of rotatable bonds is 6. The maximum atomic E-state index is 13.5. The molecule has 1 aromatic heterocycles. The lowest BCUT2D eigenvalue weighted by Crippen LogP contribution is -2.23. The smallest absolute Gasteiger partial charge is 0.226 e. The molecule has 1 aliphatic heterocycles. The summed E-state index contributed by atoms with van der Waals surface area (Å²) in [5.74, 6) is 1.04. The van der Waals surface area contributed by atoms with Crippen molar-refractivity contribution in [2.24, 2.45) is 0 Å². The van der Waals surface area contributed by atoms with Crippen LogP contribution in [0.1, 0.15) is 28.3 Å². The molecule has 1 atom stereocenters. The fourth-order valence-electron chi connectivity index (χ4n) is 3.38. The standard InChI is InChI=1S/C21H20FN3O3S/c1-23-21-25-20-19(29-21)15(10-17(26)24-20)14-7-4-8-16(27-2)18(14)28-11-12-5-3-6-13(22)9-12/h3-9,15H,10-11H2,1-2H3,(H,23,25)(H,24,26)/t15-/m1/s1. The molecule has 0 fully saturated rings. The van der Waals surface area contributed by atoms with Gasteiger partial charge in [0.2, 0.25) is 5.91 Å². The van der Waals surface area contributed by atoms with Crippen LogP contribution in [0, 0.1) is 5.82 Å². The third kappa shape index (κ3) is 3.88. The summed E-state index contributed by atoms with van der Waals surface area (Å²) in [6.07, 6.45) is 0.280. The molecule has 0 bridgehead atoms. The molecule has 6 nitrogen and oxygen atoms in total. The first kappa shape index (κ1) is 19.2. The number of fused-ring (bicyclic) bond motifs is 1. The van der Waals surface area contributed by atoms with Crippen molar-refractivity contribution in [1.29, 1.82) is 0 Å². The van der Waals surface area contributed by atoms with Crippen LogP contribution in [0.4, 0.5) is 15.3 Å². The number of para-hydroxylation sites is 1. The molecule has 2 heterocycles. The molecule has 1 aliphatic rings. The van der Waals surface area contributed by atoms with Crippen molar-refractivity contribution in [3.63, 3.8) is 0 Å². The Kier molecular flexibility index (Phi) is 5.35. The van der Waals surface area contributed by atoms with Gasteiger partial charge in [-0.1, -0.05) is 35.6 Å². The Morgan fingerprint density at radius 2 is 2.14 bits per heavy atom. The van der Waals surface area contributed by atoms with E-state index in [2.05, 4.69) is 15.6 Å². The highest BCUT2D eigenvalue weighted by Crippen LogP contribution is 2.47. The zero-order chi connectivity index (χ0) is 20.4. The average Bonchev–Trinajstić information content (AvgIpc) is 3.14. The van der Waals surface area contributed by atoms with E-state index < -0.39 is 0 Å². The maximum Gasteiger partial charge on any atom is 0.226 e. The number of thiazole rings is 1. The van der Waals surface area contributed by atoms with Gasteiger partial charge in [-0.05, 0) is 23.8 Å². The number of anilines is 2. The van der Waals surface area contributed by atoms with Crippen LogP contribution in [0.25, 0.3) is 0 Å². The van der Waals surface area contributed by atoms with Crippen LogP contribution in [-0.2, 0) is 11.4 Å². The summed E-state index contributed by atoms with van der Waals surface area (Å²) in [5.41, 5.74) is 1.54. The number of methoxy groups -OCH3 is 1. The second-order valence-electron chi connectivity index (χ2n) is 6.58. The molecule has 0 radical (unpaired) electrons. The summed E-state index contributed by atoms with van der Waals surface area (Å²) in [6.45, 7) is 0.182. The van der Waals surface area contributed by atoms with E-state index >= 15 is 0 Å². The van der Waals surface area contributed by atoms with E-state index in [9.17, 15) is 9.18 Å². The Morgan fingerprint density at radius 3 is 2.90 bits per heavy atom. The highest BCUT2D eigenvalue weighted by Gasteiger charge is 2.33. The van der Waals surface area contributed by atoms with Crippen LogP contribution in [0.2, 0.25) is 0 Å². The number of aromatic nitrogens is 1.